The summed E-state index contributed by atoms with van der Waals surface area (Å²) in [6, 6.07) is 15.0. The van der Waals surface area contributed by atoms with Crippen LogP contribution in [0.15, 0.2) is 60.8 Å². The van der Waals surface area contributed by atoms with E-state index in [4.69, 9.17) is 0 Å². The molecule has 2 aromatic heterocycles. The number of rotatable bonds is 3. The Morgan fingerprint density at radius 1 is 0.974 bits per heavy atom. The first-order valence-electron chi connectivity index (χ1n) is 12.4. The molecule has 1 N–H and O–H groups in total. The van der Waals surface area contributed by atoms with Crippen molar-refractivity contribution < 1.29 is 21.6 Å². The predicted molar refractivity (Wildman–Crippen MR) is 141 cm³/mol. The Morgan fingerprint density at radius 2 is 1.71 bits per heavy atom. The van der Waals surface area contributed by atoms with Crippen LogP contribution in [-0.4, -0.2) is 49.3 Å². The van der Waals surface area contributed by atoms with Crippen LogP contribution in [0.5, 0.6) is 0 Å². The van der Waals surface area contributed by atoms with Gasteiger partial charge in [-0.2, -0.15) is 13.2 Å². The van der Waals surface area contributed by atoms with Crippen LogP contribution in [0.25, 0.3) is 22.4 Å². The number of fused-ring (bicyclic) bond motifs is 3. The largest absolute Gasteiger partial charge is 0.416 e. The molecule has 0 saturated carbocycles. The van der Waals surface area contributed by atoms with E-state index in [1.54, 1.807) is 6.20 Å². The van der Waals surface area contributed by atoms with Crippen LogP contribution in [0, 0.1) is 0 Å². The Bertz CT molecular complexity index is 1610. The van der Waals surface area contributed by atoms with Crippen molar-refractivity contribution in [3.8, 4) is 11.4 Å². The number of aromatic nitrogens is 3. The maximum Gasteiger partial charge on any atom is 0.416 e. The van der Waals surface area contributed by atoms with E-state index in [1.165, 1.54) is 16.6 Å². The van der Waals surface area contributed by atoms with Crippen molar-refractivity contribution in [1.29, 1.82) is 0 Å². The van der Waals surface area contributed by atoms with Gasteiger partial charge in [0.1, 0.15) is 11.6 Å². The minimum Gasteiger partial charge on any atom is -0.357 e. The maximum atomic E-state index is 13.0. The lowest BCUT2D eigenvalue weighted by Gasteiger charge is -2.48. The van der Waals surface area contributed by atoms with Crippen LogP contribution >= 0.6 is 0 Å². The zero-order valence-electron chi connectivity index (χ0n) is 20.7. The van der Waals surface area contributed by atoms with Gasteiger partial charge in [0.25, 0.3) is 0 Å². The Morgan fingerprint density at radius 3 is 2.39 bits per heavy atom. The van der Waals surface area contributed by atoms with Gasteiger partial charge in [-0.25, -0.2) is 18.4 Å². The zero-order chi connectivity index (χ0) is 26.7. The third kappa shape index (κ3) is 4.28. The van der Waals surface area contributed by atoms with Gasteiger partial charge in [-0.3, -0.25) is 4.31 Å². The van der Waals surface area contributed by atoms with E-state index in [0.29, 0.717) is 29.0 Å². The van der Waals surface area contributed by atoms with Gasteiger partial charge >= 0.3 is 6.18 Å². The van der Waals surface area contributed by atoms with Crippen molar-refractivity contribution in [2.24, 2.45) is 0 Å². The first kappa shape index (κ1) is 24.7. The summed E-state index contributed by atoms with van der Waals surface area (Å²) in [4.78, 5) is 14.2. The van der Waals surface area contributed by atoms with Gasteiger partial charge in [0, 0.05) is 36.8 Å². The van der Waals surface area contributed by atoms with E-state index < -0.39 is 21.8 Å². The number of nitrogens with one attached hydrogen (secondary N) is 1. The summed E-state index contributed by atoms with van der Waals surface area (Å²) in [5.41, 5.74) is 2.56. The number of benzene rings is 2. The molecule has 1 spiro atoms. The second-order valence-electron chi connectivity index (χ2n) is 10.1. The topological polar surface area (TPSA) is 82.2 Å². The molecule has 7 nitrogen and oxygen atoms in total. The highest BCUT2D eigenvalue weighted by atomic mass is 32.2. The number of hydrogen-bond acceptors (Lipinski definition) is 5. The number of pyridine rings is 1. The highest BCUT2D eigenvalue weighted by molar-refractivity contribution is 7.92. The normalized spacial score (nSPS) is 17.7. The molecule has 198 valence electrons. The molecule has 6 rings (SSSR count). The molecule has 0 bridgehead atoms. The average Bonchev–Trinajstić information content (AvgIpc) is 3.32. The fourth-order valence-corrected chi connectivity index (χ4v) is 6.71. The number of nitrogens with zero attached hydrogens (tertiary/aromatic N) is 4. The molecule has 0 unspecified atom stereocenters. The summed E-state index contributed by atoms with van der Waals surface area (Å²) in [6.07, 6.45) is 1.07. The highest BCUT2D eigenvalue weighted by Crippen LogP contribution is 2.47. The molecule has 2 aliphatic heterocycles. The lowest BCUT2D eigenvalue weighted by Crippen LogP contribution is -2.49. The van der Waals surface area contributed by atoms with Crippen LogP contribution in [0.3, 0.4) is 0 Å². The summed E-state index contributed by atoms with van der Waals surface area (Å²) in [5, 5.41) is 0. The molecule has 0 atom stereocenters. The molecule has 1 saturated heterocycles. The third-order valence-corrected chi connectivity index (χ3v) is 8.99. The molecule has 0 radical (unpaired) electrons. The van der Waals surface area contributed by atoms with Crippen LogP contribution in [0.4, 0.5) is 24.7 Å². The van der Waals surface area contributed by atoms with Gasteiger partial charge in [-0.15, -0.1) is 0 Å². The Kier molecular flexibility index (Phi) is 5.67. The van der Waals surface area contributed by atoms with Crippen LogP contribution in [0.1, 0.15) is 30.4 Å². The second kappa shape index (κ2) is 8.72. The first-order valence-corrected chi connectivity index (χ1v) is 14.2. The average molecular weight is 542 g/mol. The molecule has 0 amide bonds. The number of imidazole rings is 1. The first-order chi connectivity index (χ1) is 18.0. The number of aromatic amines is 1. The van der Waals surface area contributed by atoms with Gasteiger partial charge in [-0.05, 0) is 61.2 Å². The molecule has 4 heterocycles. The van der Waals surface area contributed by atoms with Crippen LogP contribution in [0.2, 0.25) is 0 Å². The van der Waals surface area contributed by atoms with E-state index in [0.717, 1.165) is 61.6 Å². The molecule has 0 aliphatic carbocycles. The molecule has 2 aromatic carbocycles. The van der Waals surface area contributed by atoms with Crippen molar-refractivity contribution in [1.82, 2.24) is 15.0 Å². The number of sulfonamides is 1. The number of piperidine rings is 1. The zero-order valence-corrected chi connectivity index (χ0v) is 21.5. The van der Waals surface area contributed by atoms with Gasteiger partial charge < -0.3 is 9.88 Å². The summed E-state index contributed by atoms with van der Waals surface area (Å²) in [5.74, 6) is 1.28. The van der Waals surface area contributed by atoms with E-state index in [-0.39, 0.29) is 5.41 Å². The fourth-order valence-electron chi connectivity index (χ4n) is 5.77. The van der Waals surface area contributed by atoms with Crippen molar-refractivity contribution in [2.75, 3.05) is 35.1 Å². The Hall–Kier alpha value is -3.60. The fraction of sp³-hybridized carbons (Fsp3) is 0.333. The third-order valence-electron chi connectivity index (χ3n) is 7.81. The molecule has 4 aromatic rings. The van der Waals surface area contributed by atoms with Gasteiger partial charge in [0.05, 0.1) is 28.5 Å². The van der Waals surface area contributed by atoms with Crippen LogP contribution in [-0.2, 0) is 21.6 Å². The lowest BCUT2D eigenvalue weighted by molar-refractivity contribution is -0.137. The number of anilines is 2. The number of H-pyrrole nitrogens is 1. The number of alkyl halides is 3. The van der Waals surface area contributed by atoms with Crippen molar-refractivity contribution in [3.63, 3.8) is 0 Å². The number of para-hydroxylation sites is 1. The lowest BCUT2D eigenvalue weighted by atomic mass is 9.68. The maximum absolute atomic E-state index is 13.0. The summed E-state index contributed by atoms with van der Waals surface area (Å²) in [6.45, 7) is 2.04. The van der Waals surface area contributed by atoms with E-state index in [2.05, 4.69) is 25.9 Å². The van der Waals surface area contributed by atoms with Crippen molar-refractivity contribution in [2.45, 2.75) is 30.9 Å². The smallest absolute Gasteiger partial charge is 0.357 e. The van der Waals surface area contributed by atoms with Crippen molar-refractivity contribution in [3.05, 3.63) is 71.9 Å². The summed E-state index contributed by atoms with van der Waals surface area (Å²) < 4.78 is 65.4. The molecular formula is C27H26F3N5O2S. The number of hydrogen-bond donors (Lipinski definition) is 1. The van der Waals surface area contributed by atoms with Crippen LogP contribution < -0.4 is 9.21 Å². The second-order valence-corrected chi connectivity index (χ2v) is 12.0. The molecule has 2 aliphatic rings. The van der Waals surface area contributed by atoms with E-state index in [9.17, 15) is 21.6 Å². The number of halogens is 3. The van der Waals surface area contributed by atoms with E-state index >= 15 is 0 Å². The highest BCUT2D eigenvalue weighted by Gasteiger charge is 2.43. The van der Waals surface area contributed by atoms with Gasteiger partial charge in [-0.1, -0.05) is 18.2 Å². The standard InChI is InChI=1S/C27H26F3N5O2S/c1-38(36,37)35-15-12-26(20-4-2-3-5-23(20)35)10-13-34(14-11-26)24-9-6-18(17-31-24)25-32-21-8-7-19(27(28,29)30)16-22(21)33-25/h2-9,16-17H,10-15H2,1H3,(H,32,33). The van der Waals surface area contributed by atoms with Gasteiger partial charge in [0.2, 0.25) is 10.0 Å². The molecule has 38 heavy (non-hydrogen) atoms. The molecule has 1 fully saturated rings. The predicted octanol–water partition coefficient (Wildman–Crippen LogP) is 5.35. The molecule has 11 heteroatoms. The van der Waals surface area contributed by atoms with E-state index in [1.807, 2.05) is 30.3 Å². The Balaban J connectivity index is 1.19. The quantitative estimate of drug-likeness (QED) is 0.378. The van der Waals surface area contributed by atoms with Gasteiger partial charge in [0.15, 0.2) is 0 Å². The monoisotopic (exact) mass is 541 g/mol. The minimum absolute atomic E-state index is 0.0717. The summed E-state index contributed by atoms with van der Waals surface area (Å²) in [7, 11) is -3.34. The Labute approximate surface area is 218 Å². The minimum atomic E-state index is -4.41. The van der Waals surface area contributed by atoms with Crippen molar-refractivity contribution >= 4 is 32.6 Å². The SMILES string of the molecule is CS(=O)(=O)N1CCC2(CCN(c3ccc(-c4nc5ccc(C(F)(F)F)cc5[nH]4)cn3)CC2)c2ccccc21. The molecular weight excluding hydrogens is 515 g/mol. The summed E-state index contributed by atoms with van der Waals surface area (Å²) >= 11 is 0.